The molecule has 3 aromatic rings. The van der Waals surface area contributed by atoms with Crippen molar-refractivity contribution in [2.75, 3.05) is 11.9 Å². The number of hydrogen-bond acceptors (Lipinski definition) is 5. The van der Waals surface area contributed by atoms with E-state index in [9.17, 15) is 13.2 Å². The van der Waals surface area contributed by atoms with Gasteiger partial charge in [-0.3, -0.25) is 4.99 Å². The van der Waals surface area contributed by atoms with Gasteiger partial charge in [-0.25, -0.2) is 0 Å². The molecule has 0 amide bonds. The van der Waals surface area contributed by atoms with Crippen molar-refractivity contribution < 1.29 is 22.4 Å². The van der Waals surface area contributed by atoms with E-state index in [1.807, 2.05) is 18.2 Å². The van der Waals surface area contributed by atoms with Crippen LogP contribution in [0, 0.1) is 0 Å². The second-order valence-electron chi connectivity index (χ2n) is 5.95. The molecule has 8 heteroatoms. The maximum Gasteiger partial charge on any atom is 0.573 e. The first kappa shape index (κ1) is 17.1. The van der Waals surface area contributed by atoms with E-state index in [-0.39, 0.29) is 5.75 Å². The molecule has 0 radical (unpaired) electrons. The maximum atomic E-state index is 12.3. The van der Waals surface area contributed by atoms with Crippen molar-refractivity contribution in [1.29, 1.82) is 0 Å². The van der Waals surface area contributed by atoms with Crippen molar-refractivity contribution in [3.63, 3.8) is 0 Å². The number of halogens is 3. The fourth-order valence-corrected chi connectivity index (χ4v) is 2.80. The average Bonchev–Trinajstić information content (AvgIpc) is 3.28. The summed E-state index contributed by atoms with van der Waals surface area (Å²) in [6, 6.07) is 11.2. The lowest BCUT2D eigenvalue weighted by atomic mass is 10.0. The minimum Gasteiger partial charge on any atom is -0.406 e. The molecular formula is C19H14F3N3O2. The lowest BCUT2D eigenvalue weighted by Crippen LogP contribution is -2.16. The van der Waals surface area contributed by atoms with E-state index in [4.69, 9.17) is 4.52 Å². The number of alkyl halides is 3. The highest BCUT2D eigenvalue weighted by Crippen LogP contribution is 2.31. The van der Waals surface area contributed by atoms with Crippen LogP contribution in [-0.4, -0.2) is 23.8 Å². The van der Waals surface area contributed by atoms with E-state index < -0.39 is 6.36 Å². The maximum absolute atomic E-state index is 12.3. The fourth-order valence-electron chi connectivity index (χ4n) is 2.80. The Kier molecular flexibility index (Phi) is 4.31. The lowest BCUT2D eigenvalue weighted by molar-refractivity contribution is -0.274. The molecule has 0 aliphatic carbocycles. The Morgan fingerprint density at radius 2 is 1.85 bits per heavy atom. The van der Waals surface area contributed by atoms with Crippen molar-refractivity contribution in [2.24, 2.45) is 4.99 Å². The van der Waals surface area contributed by atoms with Crippen LogP contribution < -0.4 is 10.1 Å². The smallest absolute Gasteiger partial charge is 0.406 e. The molecule has 1 aliphatic rings. The molecule has 2 aromatic carbocycles. The molecule has 0 saturated heterocycles. The summed E-state index contributed by atoms with van der Waals surface area (Å²) in [5.41, 5.74) is 3.20. The second-order valence-corrected chi connectivity index (χ2v) is 5.95. The molecule has 138 valence electrons. The molecule has 5 nitrogen and oxygen atoms in total. The molecule has 4 rings (SSSR count). The third-order valence-corrected chi connectivity index (χ3v) is 4.07. The fraction of sp³-hybridized carbons (Fsp3) is 0.158. The zero-order valence-corrected chi connectivity index (χ0v) is 14.0. The van der Waals surface area contributed by atoms with Crippen LogP contribution in [0.2, 0.25) is 0 Å². The minimum absolute atomic E-state index is 0.259. The number of rotatable bonds is 5. The Bertz CT molecular complexity index is 1020. The number of nitrogens with one attached hydrogen (secondary N) is 1. The quantitative estimate of drug-likeness (QED) is 0.671. The zero-order valence-electron chi connectivity index (χ0n) is 14.0. The molecule has 2 heterocycles. The summed E-state index contributed by atoms with van der Waals surface area (Å²) in [4.78, 5) is 4.24. The van der Waals surface area contributed by atoms with Crippen LogP contribution in [0.5, 0.6) is 5.75 Å². The number of hydrogen-bond donors (Lipinski definition) is 1. The number of fused-ring (bicyclic) bond motifs is 1. The number of benzene rings is 2. The monoisotopic (exact) mass is 373 g/mol. The highest BCUT2D eigenvalue weighted by atomic mass is 19.4. The molecule has 0 atom stereocenters. The summed E-state index contributed by atoms with van der Waals surface area (Å²) in [6.07, 6.45) is -0.159. The normalized spacial score (nSPS) is 13.8. The highest BCUT2D eigenvalue weighted by Gasteiger charge is 2.30. The molecule has 0 unspecified atom stereocenters. The first-order valence-corrected chi connectivity index (χ1v) is 8.18. The second kappa shape index (κ2) is 6.79. The summed E-state index contributed by atoms with van der Waals surface area (Å²) in [6.45, 7) is 0.558. The Labute approximate surface area is 152 Å². The first-order chi connectivity index (χ1) is 13.0. The molecule has 27 heavy (non-hydrogen) atoms. The molecule has 1 N–H and O–H groups in total. The number of aromatic nitrogens is 1. The van der Waals surface area contributed by atoms with Gasteiger partial charge in [-0.15, -0.1) is 13.2 Å². The SMILES string of the molecule is FC(F)(F)Oc1ccc(-c2ccc3onc(NCC4=NC=CC4)c3c2)cc1. The summed E-state index contributed by atoms with van der Waals surface area (Å²) < 4.78 is 46.0. The summed E-state index contributed by atoms with van der Waals surface area (Å²) in [5.74, 6) is 0.337. The molecular weight excluding hydrogens is 359 g/mol. The van der Waals surface area contributed by atoms with E-state index in [0.717, 1.165) is 28.6 Å². The van der Waals surface area contributed by atoms with Crippen LogP contribution in [-0.2, 0) is 0 Å². The van der Waals surface area contributed by atoms with Gasteiger partial charge in [0.25, 0.3) is 0 Å². The van der Waals surface area contributed by atoms with Gasteiger partial charge in [-0.2, -0.15) is 0 Å². The first-order valence-electron chi connectivity index (χ1n) is 8.18. The molecule has 0 spiro atoms. The van der Waals surface area contributed by atoms with E-state index in [1.54, 1.807) is 24.4 Å². The van der Waals surface area contributed by atoms with Crippen LogP contribution in [0.25, 0.3) is 22.1 Å². The van der Waals surface area contributed by atoms with Crippen molar-refractivity contribution in [3.8, 4) is 16.9 Å². The van der Waals surface area contributed by atoms with E-state index in [1.165, 1.54) is 12.1 Å². The molecule has 0 fully saturated rings. The summed E-state index contributed by atoms with van der Waals surface area (Å²) in [5, 5.41) is 8.03. The largest absolute Gasteiger partial charge is 0.573 e. The minimum atomic E-state index is -4.71. The van der Waals surface area contributed by atoms with Crippen LogP contribution in [0.1, 0.15) is 6.42 Å². The van der Waals surface area contributed by atoms with Gasteiger partial charge in [-0.05, 0) is 35.4 Å². The van der Waals surface area contributed by atoms with Crippen LogP contribution in [0.15, 0.2) is 64.3 Å². The Hall–Kier alpha value is -3.29. The molecule has 0 saturated carbocycles. The summed E-state index contributed by atoms with van der Waals surface area (Å²) in [7, 11) is 0. The number of nitrogens with zero attached hydrogens (tertiary/aromatic N) is 2. The Balaban J connectivity index is 1.56. The zero-order chi connectivity index (χ0) is 18.9. The van der Waals surface area contributed by atoms with Gasteiger partial charge < -0.3 is 14.6 Å². The average molecular weight is 373 g/mol. The number of aliphatic imine (C=N–C) groups is 1. The van der Waals surface area contributed by atoms with Gasteiger partial charge in [0.05, 0.1) is 11.9 Å². The number of ether oxygens (including phenoxy) is 1. The van der Waals surface area contributed by atoms with Crippen molar-refractivity contribution >= 4 is 22.5 Å². The van der Waals surface area contributed by atoms with E-state index in [2.05, 4.69) is 20.2 Å². The third kappa shape index (κ3) is 3.94. The molecule has 1 aromatic heterocycles. The van der Waals surface area contributed by atoms with Crippen molar-refractivity contribution in [2.45, 2.75) is 12.8 Å². The Morgan fingerprint density at radius 1 is 1.07 bits per heavy atom. The molecule has 1 aliphatic heterocycles. The summed E-state index contributed by atoms with van der Waals surface area (Å²) >= 11 is 0. The van der Waals surface area contributed by atoms with Crippen molar-refractivity contribution in [1.82, 2.24) is 5.16 Å². The van der Waals surface area contributed by atoms with Crippen LogP contribution in [0.3, 0.4) is 0 Å². The van der Waals surface area contributed by atoms with Gasteiger partial charge in [-0.1, -0.05) is 29.4 Å². The highest BCUT2D eigenvalue weighted by molar-refractivity contribution is 5.95. The van der Waals surface area contributed by atoms with E-state index >= 15 is 0 Å². The number of anilines is 1. The van der Waals surface area contributed by atoms with Crippen LogP contribution in [0.4, 0.5) is 19.0 Å². The third-order valence-electron chi connectivity index (χ3n) is 4.07. The standard InChI is InChI=1S/C19H14F3N3O2/c20-19(21,22)26-15-6-3-12(4-7-15)13-5-8-17-16(10-13)18(25-27-17)24-11-14-2-1-9-23-14/h1,3-10H,2,11H2,(H,24,25). The van der Waals surface area contributed by atoms with Gasteiger partial charge in [0, 0.05) is 18.3 Å². The Morgan fingerprint density at radius 3 is 2.56 bits per heavy atom. The lowest BCUT2D eigenvalue weighted by Gasteiger charge is -2.09. The van der Waals surface area contributed by atoms with Gasteiger partial charge in [0.15, 0.2) is 11.4 Å². The van der Waals surface area contributed by atoms with Crippen molar-refractivity contribution in [3.05, 3.63) is 54.7 Å². The van der Waals surface area contributed by atoms with Gasteiger partial charge >= 0.3 is 6.36 Å². The van der Waals surface area contributed by atoms with Gasteiger partial charge in [0.1, 0.15) is 5.75 Å². The number of allylic oxidation sites excluding steroid dienone is 1. The topological polar surface area (TPSA) is 59.7 Å². The predicted molar refractivity (Wildman–Crippen MR) is 95.8 cm³/mol. The van der Waals surface area contributed by atoms with Gasteiger partial charge in [0.2, 0.25) is 0 Å². The molecule has 0 bridgehead atoms. The predicted octanol–water partition coefficient (Wildman–Crippen LogP) is 5.16. The van der Waals surface area contributed by atoms with Crippen LogP contribution >= 0.6 is 0 Å². The van der Waals surface area contributed by atoms with E-state index in [0.29, 0.717) is 17.9 Å².